The van der Waals surface area contributed by atoms with Gasteiger partial charge >= 0.3 is 0 Å². The maximum Gasteiger partial charge on any atom is 0.238 e. The van der Waals surface area contributed by atoms with E-state index in [-0.39, 0.29) is 21.7 Å². The highest BCUT2D eigenvalue weighted by Crippen LogP contribution is 2.19. The van der Waals surface area contributed by atoms with Crippen LogP contribution in [0.3, 0.4) is 0 Å². The van der Waals surface area contributed by atoms with Crippen LogP contribution in [0.2, 0.25) is 0 Å². The van der Waals surface area contributed by atoms with Gasteiger partial charge in [-0.05, 0) is 6.92 Å². The van der Waals surface area contributed by atoms with E-state index in [9.17, 15) is 9.90 Å². The van der Waals surface area contributed by atoms with E-state index in [2.05, 4.69) is 22.6 Å². The van der Waals surface area contributed by atoms with Gasteiger partial charge in [0.25, 0.3) is 0 Å². The summed E-state index contributed by atoms with van der Waals surface area (Å²) in [7, 11) is 0. The van der Waals surface area contributed by atoms with E-state index in [1.54, 1.807) is 6.92 Å². The third-order valence-electron chi connectivity index (χ3n) is 1.68. The Morgan fingerprint density at radius 1 is 1.50 bits per heavy atom. The third-order valence-corrected chi connectivity index (χ3v) is 1.88. The van der Waals surface area contributed by atoms with Crippen molar-refractivity contribution in [2.75, 3.05) is 0 Å². The molecule has 0 amide bonds. The fraction of sp³-hybridized carbons (Fsp3) is 0.125. The normalized spacial score (nSPS) is 10.7. The van der Waals surface area contributed by atoms with Gasteiger partial charge in [0, 0.05) is 6.07 Å². The summed E-state index contributed by atoms with van der Waals surface area (Å²) in [5.41, 5.74) is -0.318. The summed E-state index contributed by atoms with van der Waals surface area (Å²) in [5, 5.41) is 9.40. The molecule has 0 saturated carbocycles. The first kappa shape index (κ1) is 9.01. The summed E-state index contributed by atoms with van der Waals surface area (Å²) in [6, 6.07) is 1.27. The van der Waals surface area contributed by atoms with Gasteiger partial charge in [-0.3, -0.25) is 4.79 Å². The summed E-state index contributed by atoms with van der Waals surface area (Å²) in [4.78, 5) is 18.7. The average Bonchev–Trinajstić information content (AvgIpc) is 1.99. The van der Waals surface area contributed by atoms with Gasteiger partial charge in [0.05, 0.1) is 0 Å². The smallest absolute Gasteiger partial charge is 0.238 e. The molecule has 0 radical (unpaired) electrons. The van der Waals surface area contributed by atoms with Gasteiger partial charge in [-0.1, -0.05) is 0 Å². The highest BCUT2D eigenvalue weighted by atomic mass is 32.1. The Hall–Kier alpha value is -1.56. The lowest BCUT2D eigenvalue weighted by Gasteiger charge is -1.99. The first-order chi connectivity index (χ1) is 6.58. The van der Waals surface area contributed by atoms with Crippen LogP contribution in [-0.4, -0.2) is 15.1 Å². The monoisotopic (exact) mass is 210 g/mol. The molecule has 2 heterocycles. The molecule has 0 fully saturated rings. The summed E-state index contributed by atoms with van der Waals surface area (Å²) >= 11 is 3.85. The lowest BCUT2D eigenvalue weighted by molar-refractivity contribution is 0.448. The van der Waals surface area contributed by atoms with Crippen molar-refractivity contribution in [1.29, 1.82) is 0 Å². The highest BCUT2D eigenvalue weighted by Gasteiger charge is 2.10. The average molecular weight is 210 g/mol. The largest absolute Gasteiger partial charge is 0.493 e. The molecular weight excluding hydrogens is 204 g/mol. The van der Waals surface area contributed by atoms with Crippen molar-refractivity contribution in [3.63, 3.8) is 0 Å². The number of hydrogen-bond acceptors (Lipinski definition) is 6. The molecule has 0 saturated heterocycles. The van der Waals surface area contributed by atoms with E-state index in [1.165, 1.54) is 6.07 Å². The number of nitrogens with zero attached hydrogens (tertiary/aromatic N) is 2. The maximum atomic E-state index is 11.4. The third kappa shape index (κ3) is 1.33. The molecular formula is C8H6N2O3S. The van der Waals surface area contributed by atoms with Crippen molar-refractivity contribution >= 4 is 23.7 Å². The number of thiol groups is 1. The first-order valence-corrected chi connectivity index (χ1v) is 4.23. The molecule has 0 aromatic carbocycles. The standard InChI is InChI=1S/C8H6N2O3S/c1-3-2-4(11)5-6(12)9-8(14)10-7(5)13-3/h2H,1H3,(H2,9,10,12,14). The van der Waals surface area contributed by atoms with E-state index in [0.717, 1.165) is 0 Å². The number of aromatic nitrogens is 2. The molecule has 1 N–H and O–H groups in total. The molecule has 72 valence electrons. The number of hydrogen-bond donors (Lipinski definition) is 2. The van der Waals surface area contributed by atoms with E-state index < -0.39 is 5.88 Å². The molecule has 0 aliphatic carbocycles. The molecule has 0 spiro atoms. The Kier molecular flexibility index (Phi) is 1.92. The van der Waals surface area contributed by atoms with Gasteiger partial charge in [-0.2, -0.15) is 9.97 Å². The minimum absolute atomic E-state index is 0.0200. The van der Waals surface area contributed by atoms with Crippen LogP contribution in [0.4, 0.5) is 0 Å². The summed E-state index contributed by atoms with van der Waals surface area (Å²) in [5.74, 6) is 0.0158. The number of fused-ring (bicyclic) bond motifs is 1. The zero-order valence-electron chi connectivity index (χ0n) is 7.18. The Morgan fingerprint density at radius 3 is 2.93 bits per heavy atom. The van der Waals surface area contributed by atoms with E-state index in [0.29, 0.717) is 5.76 Å². The Bertz CT molecular complexity index is 559. The zero-order chi connectivity index (χ0) is 10.3. The minimum Gasteiger partial charge on any atom is -0.493 e. The molecule has 0 bridgehead atoms. The Morgan fingerprint density at radius 2 is 2.21 bits per heavy atom. The first-order valence-electron chi connectivity index (χ1n) is 3.78. The molecule has 0 aliphatic rings. The second kappa shape index (κ2) is 2.98. The van der Waals surface area contributed by atoms with Crippen LogP contribution >= 0.6 is 12.6 Å². The van der Waals surface area contributed by atoms with Crippen molar-refractivity contribution in [2.45, 2.75) is 12.1 Å². The van der Waals surface area contributed by atoms with E-state index >= 15 is 0 Å². The molecule has 0 unspecified atom stereocenters. The van der Waals surface area contributed by atoms with E-state index in [1.807, 2.05) is 0 Å². The fourth-order valence-electron chi connectivity index (χ4n) is 1.15. The maximum absolute atomic E-state index is 11.4. The molecule has 14 heavy (non-hydrogen) atoms. The second-order valence-electron chi connectivity index (χ2n) is 2.75. The number of aryl methyl sites for hydroxylation is 1. The topological polar surface area (TPSA) is 76.2 Å². The van der Waals surface area contributed by atoms with Crippen molar-refractivity contribution in [3.8, 4) is 5.88 Å². The van der Waals surface area contributed by atoms with Gasteiger partial charge in [-0.25, -0.2) is 0 Å². The molecule has 0 aliphatic heterocycles. The van der Waals surface area contributed by atoms with Gasteiger partial charge in [0.15, 0.2) is 10.6 Å². The van der Waals surface area contributed by atoms with Crippen molar-refractivity contribution < 1.29 is 9.52 Å². The van der Waals surface area contributed by atoms with Gasteiger partial charge in [0.2, 0.25) is 11.6 Å². The number of aromatic hydroxyl groups is 1. The molecule has 6 heteroatoms. The Balaban J connectivity index is 3.02. The van der Waals surface area contributed by atoms with Gasteiger partial charge in [0.1, 0.15) is 11.1 Å². The predicted octanol–water partition coefficient (Wildman–Crippen LogP) is 0.886. The van der Waals surface area contributed by atoms with Crippen LogP contribution in [0.25, 0.3) is 11.1 Å². The van der Waals surface area contributed by atoms with Gasteiger partial charge < -0.3 is 9.52 Å². The molecule has 2 aromatic heterocycles. The second-order valence-corrected chi connectivity index (χ2v) is 3.15. The van der Waals surface area contributed by atoms with Crippen LogP contribution in [0.5, 0.6) is 5.88 Å². The minimum atomic E-state index is -0.409. The lowest BCUT2D eigenvalue weighted by Crippen LogP contribution is -2.03. The van der Waals surface area contributed by atoms with E-state index in [4.69, 9.17) is 4.42 Å². The predicted molar refractivity (Wildman–Crippen MR) is 51.7 cm³/mol. The van der Waals surface area contributed by atoms with Crippen LogP contribution in [0.15, 0.2) is 20.4 Å². The quantitative estimate of drug-likeness (QED) is 0.498. The summed E-state index contributed by atoms with van der Waals surface area (Å²) in [6.07, 6.45) is 0. The molecule has 0 atom stereocenters. The van der Waals surface area contributed by atoms with Crippen molar-refractivity contribution in [3.05, 3.63) is 22.0 Å². The number of rotatable bonds is 0. The Labute approximate surface area is 83.8 Å². The zero-order valence-corrected chi connectivity index (χ0v) is 8.08. The summed E-state index contributed by atoms with van der Waals surface area (Å²) in [6.45, 7) is 1.62. The highest BCUT2D eigenvalue weighted by molar-refractivity contribution is 7.80. The molecule has 2 aromatic rings. The molecule has 2 rings (SSSR count). The van der Waals surface area contributed by atoms with Crippen LogP contribution in [0.1, 0.15) is 5.76 Å². The SMILES string of the molecule is Cc1cc(=O)c2c(O)nc(S)nc2o1. The van der Waals surface area contributed by atoms with Crippen LogP contribution in [0, 0.1) is 6.92 Å². The lowest BCUT2D eigenvalue weighted by atomic mass is 10.3. The van der Waals surface area contributed by atoms with Crippen molar-refractivity contribution in [2.24, 2.45) is 0 Å². The van der Waals surface area contributed by atoms with Crippen LogP contribution < -0.4 is 5.43 Å². The van der Waals surface area contributed by atoms with Gasteiger partial charge in [-0.15, -0.1) is 12.6 Å². The van der Waals surface area contributed by atoms with Crippen molar-refractivity contribution in [1.82, 2.24) is 9.97 Å². The summed E-state index contributed by atoms with van der Waals surface area (Å²) < 4.78 is 5.14. The fourth-order valence-corrected chi connectivity index (χ4v) is 1.33. The van der Waals surface area contributed by atoms with Crippen LogP contribution in [-0.2, 0) is 0 Å². The molecule has 5 nitrogen and oxygen atoms in total.